The molecular weight excluding hydrogens is 302 g/mol. The van der Waals surface area contributed by atoms with Crippen LogP contribution in [-0.4, -0.2) is 40.5 Å². The van der Waals surface area contributed by atoms with Crippen LogP contribution >= 0.6 is 11.6 Å². The number of nitrogens with zero attached hydrogens (tertiary/aromatic N) is 4. The average Bonchev–Trinajstić information content (AvgIpc) is 2.87. The Hall–Kier alpha value is -1.12. The zero-order valence-corrected chi connectivity index (χ0v) is 13.3. The monoisotopic (exact) mass is 319 g/mol. The molecule has 0 aliphatic carbocycles. The number of hydrogen-bond donors (Lipinski definition) is 1. The molecule has 2 aromatic heterocycles. The van der Waals surface area contributed by atoms with Crippen LogP contribution in [0, 0.1) is 6.92 Å². The molecule has 2 aromatic rings. The van der Waals surface area contributed by atoms with Gasteiger partial charge in [0.2, 0.25) is 10.0 Å². The zero-order valence-electron chi connectivity index (χ0n) is 11.7. The van der Waals surface area contributed by atoms with Gasteiger partial charge in [0.05, 0.1) is 17.8 Å². The van der Waals surface area contributed by atoms with Crippen molar-refractivity contribution in [2.45, 2.75) is 32.8 Å². The van der Waals surface area contributed by atoms with Gasteiger partial charge in [0.25, 0.3) is 0 Å². The molecule has 0 fully saturated rings. The van der Waals surface area contributed by atoms with Crippen molar-refractivity contribution in [3.8, 4) is 0 Å². The van der Waals surface area contributed by atoms with E-state index in [0.29, 0.717) is 13.1 Å². The van der Waals surface area contributed by atoms with Crippen LogP contribution < -0.4 is 4.72 Å². The second kappa shape index (κ2) is 5.71. The van der Waals surface area contributed by atoms with Crippen LogP contribution in [-0.2, 0) is 29.0 Å². The van der Waals surface area contributed by atoms with E-state index in [4.69, 9.17) is 11.6 Å². The van der Waals surface area contributed by atoms with Crippen molar-refractivity contribution in [1.29, 1.82) is 0 Å². The molecule has 0 aromatic carbocycles. The zero-order chi connectivity index (χ0) is 14.9. The number of halogens is 1. The van der Waals surface area contributed by atoms with Gasteiger partial charge in [-0.25, -0.2) is 22.8 Å². The topological polar surface area (TPSA) is 81.8 Å². The number of hydrogen-bond acceptors (Lipinski definition) is 4. The van der Waals surface area contributed by atoms with E-state index in [1.807, 2.05) is 23.1 Å². The van der Waals surface area contributed by atoms with Gasteiger partial charge in [-0.1, -0.05) is 0 Å². The standard InChI is InChI=1S/C11H18ClN5O2S/c1-4-17-11-10(8(2)15-17)14-9(7-12)16(11)6-5-13-20(3,18)19/h13H,4-7H2,1-3H3. The van der Waals surface area contributed by atoms with Crippen molar-refractivity contribution in [1.82, 2.24) is 24.1 Å². The second-order valence-corrected chi connectivity index (χ2v) is 6.65. The first-order chi connectivity index (χ1) is 9.37. The van der Waals surface area contributed by atoms with E-state index in [2.05, 4.69) is 14.8 Å². The molecule has 20 heavy (non-hydrogen) atoms. The van der Waals surface area contributed by atoms with Crippen LogP contribution in [0.5, 0.6) is 0 Å². The fraction of sp³-hybridized carbons (Fsp3) is 0.636. The van der Waals surface area contributed by atoms with Crippen molar-refractivity contribution in [2.24, 2.45) is 0 Å². The third kappa shape index (κ3) is 2.97. The number of aromatic nitrogens is 4. The lowest BCUT2D eigenvalue weighted by Gasteiger charge is -2.09. The van der Waals surface area contributed by atoms with E-state index in [9.17, 15) is 8.42 Å². The molecule has 0 bridgehead atoms. The van der Waals surface area contributed by atoms with E-state index in [0.717, 1.165) is 35.5 Å². The van der Waals surface area contributed by atoms with Crippen LogP contribution in [0.3, 0.4) is 0 Å². The fourth-order valence-electron chi connectivity index (χ4n) is 2.17. The van der Waals surface area contributed by atoms with E-state index >= 15 is 0 Å². The summed E-state index contributed by atoms with van der Waals surface area (Å²) in [5.74, 6) is 0.996. The van der Waals surface area contributed by atoms with Crippen LogP contribution in [0.2, 0.25) is 0 Å². The van der Waals surface area contributed by atoms with Gasteiger partial charge in [-0.05, 0) is 13.8 Å². The lowest BCUT2D eigenvalue weighted by molar-refractivity contribution is 0.572. The van der Waals surface area contributed by atoms with Crippen LogP contribution in [0.15, 0.2) is 0 Å². The molecule has 0 amide bonds. The summed E-state index contributed by atoms with van der Waals surface area (Å²) in [4.78, 5) is 4.48. The van der Waals surface area contributed by atoms with Crippen molar-refractivity contribution < 1.29 is 8.42 Å². The third-order valence-corrected chi connectivity index (χ3v) is 3.96. The molecule has 0 saturated heterocycles. The first kappa shape index (κ1) is 15.3. The molecular formula is C11H18ClN5O2S. The Balaban J connectivity index is 2.39. The minimum Gasteiger partial charge on any atom is -0.311 e. The summed E-state index contributed by atoms with van der Waals surface area (Å²) in [7, 11) is -3.20. The molecule has 0 unspecified atom stereocenters. The molecule has 2 rings (SSSR count). The Morgan fingerprint density at radius 1 is 1.40 bits per heavy atom. The normalized spacial score (nSPS) is 12.4. The van der Waals surface area contributed by atoms with Crippen LogP contribution in [0.1, 0.15) is 18.4 Å². The van der Waals surface area contributed by atoms with E-state index in [1.54, 1.807) is 0 Å². The van der Waals surface area contributed by atoms with Crippen LogP contribution in [0.4, 0.5) is 0 Å². The van der Waals surface area contributed by atoms with E-state index < -0.39 is 10.0 Å². The highest BCUT2D eigenvalue weighted by Crippen LogP contribution is 2.20. The predicted molar refractivity (Wildman–Crippen MR) is 78.3 cm³/mol. The lowest BCUT2D eigenvalue weighted by atomic mass is 10.4. The molecule has 2 heterocycles. The Morgan fingerprint density at radius 3 is 2.65 bits per heavy atom. The van der Waals surface area contributed by atoms with E-state index in [1.165, 1.54) is 0 Å². The van der Waals surface area contributed by atoms with E-state index in [-0.39, 0.29) is 5.88 Å². The quantitative estimate of drug-likeness (QED) is 0.800. The fourth-order valence-corrected chi connectivity index (χ4v) is 2.84. The maximum absolute atomic E-state index is 11.1. The minimum absolute atomic E-state index is 0.275. The number of sulfonamides is 1. The van der Waals surface area contributed by atoms with Gasteiger partial charge >= 0.3 is 0 Å². The summed E-state index contributed by atoms with van der Waals surface area (Å²) in [5, 5.41) is 4.41. The number of nitrogens with one attached hydrogen (secondary N) is 1. The lowest BCUT2D eigenvalue weighted by Crippen LogP contribution is -2.26. The molecule has 112 valence electrons. The summed E-state index contributed by atoms with van der Waals surface area (Å²) < 4.78 is 28.5. The predicted octanol–water partition coefficient (Wildman–Crippen LogP) is 0.849. The van der Waals surface area contributed by atoms with Gasteiger partial charge in [0, 0.05) is 19.6 Å². The van der Waals surface area contributed by atoms with Gasteiger partial charge < -0.3 is 4.57 Å². The largest absolute Gasteiger partial charge is 0.311 e. The molecule has 7 nitrogen and oxygen atoms in total. The van der Waals surface area contributed by atoms with Gasteiger partial charge in [-0.3, -0.25) is 0 Å². The highest BCUT2D eigenvalue weighted by molar-refractivity contribution is 7.88. The maximum atomic E-state index is 11.1. The molecule has 1 N–H and O–H groups in total. The Kier molecular flexibility index (Phi) is 4.36. The summed E-state index contributed by atoms with van der Waals surface area (Å²) in [5.41, 5.74) is 2.56. The molecule has 0 spiro atoms. The Labute approximate surface area is 123 Å². The van der Waals surface area contributed by atoms with Crippen molar-refractivity contribution in [2.75, 3.05) is 12.8 Å². The first-order valence-electron chi connectivity index (χ1n) is 6.30. The van der Waals surface area contributed by atoms with Crippen LogP contribution in [0.25, 0.3) is 11.2 Å². The van der Waals surface area contributed by atoms with Gasteiger partial charge in [-0.2, -0.15) is 5.10 Å². The number of imidazole rings is 1. The molecule has 0 radical (unpaired) electrons. The molecule has 0 atom stereocenters. The Bertz CT molecular complexity index is 719. The second-order valence-electron chi connectivity index (χ2n) is 4.55. The number of aryl methyl sites for hydroxylation is 2. The number of alkyl halides is 1. The van der Waals surface area contributed by atoms with Crippen molar-refractivity contribution >= 4 is 32.8 Å². The molecule has 0 aliphatic heterocycles. The third-order valence-electron chi connectivity index (χ3n) is 3.00. The average molecular weight is 320 g/mol. The molecule has 9 heteroatoms. The van der Waals surface area contributed by atoms with Crippen molar-refractivity contribution in [3.05, 3.63) is 11.5 Å². The highest BCUT2D eigenvalue weighted by Gasteiger charge is 2.17. The Morgan fingerprint density at radius 2 is 2.10 bits per heavy atom. The first-order valence-corrected chi connectivity index (χ1v) is 8.73. The van der Waals surface area contributed by atoms with Gasteiger partial charge in [0.1, 0.15) is 11.3 Å². The minimum atomic E-state index is -3.20. The highest BCUT2D eigenvalue weighted by atomic mass is 35.5. The molecule has 0 aliphatic rings. The summed E-state index contributed by atoms with van der Waals surface area (Å²) in [6.45, 7) is 5.38. The van der Waals surface area contributed by atoms with Crippen molar-refractivity contribution in [3.63, 3.8) is 0 Å². The summed E-state index contributed by atoms with van der Waals surface area (Å²) >= 11 is 5.93. The van der Waals surface area contributed by atoms with Gasteiger partial charge in [-0.15, -0.1) is 11.6 Å². The summed E-state index contributed by atoms with van der Waals surface area (Å²) in [6.07, 6.45) is 1.14. The maximum Gasteiger partial charge on any atom is 0.208 e. The molecule has 0 saturated carbocycles. The SMILES string of the molecule is CCn1nc(C)c2nc(CCl)n(CCNS(C)(=O)=O)c21. The van der Waals surface area contributed by atoms with Gasteiger partial charge in [0.15, 0.2) is 5.65 Å². The number of fused-ring (bicyclic) bond motifs is 1. The smallest absolute Gasteiger partial charge is 0.208 e. The summed E-state index contributed by atoms with van der Waals surface area (Å²) in [6, 6.07) is 0. The number of rotatable bonds is 6.